The number of thiophene rings is 1. The summed E-state index contributed by atoms with van der Waals surface area (Å²) in [6, 6.07) is 7.94. The van der Waals surface area contributed by atoms with Gasteiger partial charge in [-0.1, -0.05) is 31.0 Å². The van der Waals surface area contributed by atoms with Gasteiger partial charge in [0.05, 0.1) is 5.69 Å². The number of nitrogens with two attached hydrogens (primary N) is 1. The standard InChI is InChI=1S/C16H20N2OS/c1-18(10-11-6-2-3-7-11)16(19)15-14(17)12-8-4-5-9-13(12)20-15/h4-5,8-9,11H,2-3,6-7,10,17H2,1H3. The van der Waals surface area contributed by atoms with Crippen LogP contribution in [0.5, 0.6) is 0 Å². The van der Waals surface area contributed by atoms with Crippen LogP contribution in [0.15, 0.2) is 24.3 Å². The van der Waals surface area contributed by atoms with E-state index in [1.165, 1.54) is 37.0 Å². The molecule has 106 valence electrons. The van der Waals surface area contributed by atoms with Crippen molar-refractivity contribution in [1.82, 2.24) is 4.90 Å². The summed E-state index contributed by atoms with van der Waals surface area (Å²) in [6.07, 6.45) is 5.11. The van der Waals surface area contributed by atoms with Crippen molar-refractivity contribution in [2.75, 3.05) is 19.3 Å². The highest BCUT2D eigenvalue weighted by Crippen LogP contribution is 2.34. The maximum atomic E-state index is 12.6. The lowest BCUT2D eigenvalue weighted by Crippen LogP contribution is -2.31. The van der Waals surface area contributed by atoms with Crippen LogP contribution in [0.2, 0.25) is 0 Å². The molecular formula is C16H20N2OS. The molecule has 0 unspecified atom stereocenters. The fraction of sp³-hybridized carbons (Fsp3) is 0.438. The molecular weight excluding hydrogens is 268 g/mol. The van der Waals surface area contributed by atoms with Crippen LogP contribution in [0.25, 0.3) is 10.1 Å². The topological polar surface area (TPSA) is 46.3 Å². The second-order valence-corrected chi connectivity index (χ2v) is 6.73. The van der Waals surface area contributed by atoms with E-state index in [9.17, 15) is 4.79 Å². The fourth-order valence-corrected chi connectivity index (χ4v) is 4.18. The molecule has 1 heterocycles. The third kappa shape index (κ3) is 2.40. The van der Waals surface area contributed by atoms with E-state index in [-0.39, 0.29) is 5.91 Å². The van der Waals surface area contributed by atoms with E-state index in [0.29, 0.717) is 16.5 Å². The Morgan fingerprint density at radius 2 is 2.05 bits per heavy atom. The predicted octanol–water partition coefficient (Wildman–Crippen LogP) is 3.75. The quantitative estimate of drug-likeness (QED) is 0.935. The molecule has 1 aromatic heterocycles. The largest absolute Gasteiger partial charge is 0.397 e. The van der Waals surface area contributed by atoms with Gasteiger partial charge >= 0.3 is 0 Å². The van der Waals surface area contributed by atoms with E-state index >= 15 is 0 Å². The minimum atomic E-state index is 0.0654. The van der Waals surface area contributed by atoms with E-state index in [4.69, 9.17) is 5.73 Å². The Hall–Kier alpha value is -1.55. The van der Waals surface area contributed by atoms with Gasteiger partial charge in [-0.05, 0) is 24.8 Å². The van der Waals surface area contributed by atoms with Crippen molar-refractivity contribution in [3.8, 4) is 0 Å². The predicted molar refractivity (Wildman–Crippen MR) is 85.2 cm³/mol. The number of amides is 1. The van der Waals surface area contributed by atoms with E-state index in [1.807, 2.05) is 36.2 Å². The molecule has 0 aliphatic heterocycles. The molecule has 0 saturated heterocycles. The molecule has 4 heteroatoms. The molecule has 2 aromatic rings. The number of rotatable bonds is 3. The zero-order chi connectivity index (χ0) is 14.1. The molecule has 3 nitrogen and oxygen atoms in total. The number of hydrogen-bond donors (Lipinski definition) is 1. The first-order valence-corrected chi connectivity index (χ1v) is 8.01. The van der Waals surface area contributed by atoms with Crippen molar-refractivity contribution in [3.63, 3.8) is 0 Å². The molecule has 1 amide bonds. The minimum Gasteiger partial charge on any atom is -0.397 e. The molecule has 20 heavy (non-hydrogen) atoms. The summed E-state index contributed by atoms with van der Waals surface area (Å²) in [4.78, 5) is 15.1. The summed E-state index contributed by atoms with van der Waals surface area (Å²) in [6.45, 7) is 0.854. The number of anilines is 1. The van der Waals surface area contributed by atoms with Gasteiger partial charge in [0.1, 0.15) is 4.88 Å². The summed E-state index contributed by atoms with van der Waals surface area (Å²) >= 11 is 1.50. The van der Waals surface area contributed by atoms with Crippen LogP contribution in [-0.4, -0.2) is 24.4 Å². The van der Waals surface area contributed by atoms with Gasteiger partial charge in [-0.15, -0.1) is 11.3 Å². The van der Waals surface area contributed by atoms with Gasteiger partial charge in [0.25, 0.3) is 5.91 Å². The van der Waals surface area contributed by atoms with Crippen LogP contribution in [0.3, 0.4) is 0 Å². The first-order valence-electron chi connectivity index (χ1n) is 7.19. The normalized spacial score (nSPS) is 15.8. The lowest BCUT2D eigenvalue weighted by Gasteiger charge is -2.20. The molecule has 1 aliphatic rings. The first kappa shape index (κ1) is 13.4. The highest BCUT2D eigenvalue weighted by Gasteiger charge is 2.23. The molecule has 1 saturated carbocycles. The lowest BCUT2D eigenvalue weighted by molar-refractivity contribution is 0.0779. The number of nitrogens with zero attached hydrogens (tertiary/aromatic N) is 1. The first-order chi connectivity index (χ1) is 9.66. The number of carbonyl (C=O) groups excluding carboxylic acids is 1. The van der Waals surface area contributed by atoms with Gasteiger partial charge < -0.3 is 10.6 Å². The van der Waals surface area contributed by atoms with E-state index in [0.717, 1.165) is 16.6 Å². The number of benzene rings is 1. The summed E-state index contributed by atoms with van der Waals surface area (Å²) in [7, 11) is 1.89. The number of hydrogen-bond acceptors (Lipinski definition) is 3. The zero-order valence-electron chi connectivity index (χ0n) is 11.8. The van der Waals surface area contributed by atoms with Crippen molar-refractivity contribution in [1.29, 1.82) is 0 Å². The number of carbonyl (C=O) groups is 1. The summed E-state index contributed by atoms with van der Waals surface area (Å²) < 4.78 is 1.09. The monoisotopic (exact) mass is 288 g/mol. The van der Waals surface area contributed by atoms with Gasteiger partial charge in [0.15, 0.2) is 0 Å². The Balaban J connectivity index is 1.82. The second kappa shape index (κ2) is 5.44. The van der Waals surface area contributed by atoms with Crippen LogP contribution in [0.4, 0.5) is 5.69 Å². The van der Waals surface area contributed by atoms with Crippen LogP contribution in [-0.2, 0) is 0 Å². The van der Waals surface area contributed by atoms with E-state index < -0.39 is 0 Å². The number of nitrogen functional groups attached to an aromatic ring is 1. The molecule has 1 aliphatic carbocycles. The summed E-state index contributed by atoms with van der Waals surface area (Å²) in [5.74, 6) is 0.732. The SMILES string of the molecule is CN(CC1CCCC1)C(=O)c1sc2ccccc2c1N. The van der Waals surface area contributed by atoms with Gasteiger partial charge in [0, 0.05) is 23.7 Å². The third-order valence-corrected chi connectivity index (χ3v) is 5.36. The molecule has 2 N–H and O–H groups in total. The van der Waals surface area contributed by atoms with Crippen LogP contribution in [0.1, 0.15) is 35.4 Å². The zero-order valence-corrected chi connectivity index (χ0v) is 12.6. The average Bonchev–Trinajstić information content (AvgIpc) is 3.07. The van der Waals surface area contributed by atoms with Crippen LogP contribution < -0.4 is 5.73 Å². The molecule has 0 spiro atoms. The molecule has 3 rings (SSSR count). The van der Waals surface area contributed by atoms with Crippen molar-refractivity contribution in [2.45, 2.75) is 25.7 Å². The third-order valence-electron chi connectivity index (χ3n) is 4.18. The minimum absolute atomic E-state index is 0.0654. The summed E-state index contributed by atoms with van der Waals surface area (Å²) in [5, 5.41) is 0.995. The van der Waals surface area contributed by atoms with E-state index in [2.05, 4.69) is 0 Å². The average molecular weight is 288 g/mol. The Morgan fingerprint density at radius 1 is 1.35 bits per heavy atom. The Labute approximate surface area is 123 Å². The van der Waals surface area contributed by atoms with Crippen molar-refractivity contribution in [2.24, 2.45) is 5.92 Å². The highest BCUT2D eigenvalue weighted by molar-refractivity contribution is 7.21. The van der Waals surface area contributed by atoms with Crippen molar-refractivity contribution < 1.29 is 4.79 Å². The Kier molecular flexibility index (Phi) is 3.66. The second-order valence-electron chi connectivity index (χ2n) is 5.68. The summed E-state index contributed by atoms with van der Waals surface area (Å²) in [5.41, 5.74) is 6.78. The van der Waals surface area contributed by atoms with Gasteiger partial charge in [-0.2, -0.15) is 0 Å². The lowest BCUT2D eigenvalue weighted by atomic mass is 10.1. The molecule has 0 bridgehead atoms. The maximum absolute atomic E-state index is 12.6. The van der Waals surface area contributed by atoms with Gasteiger partial charge in [-0.25, -0.2) is 0 Å². The van der Waals surface area contributed by atoms with Gasteiger partial charge in [-0.3, -0.25) is 4.79 Å². The van der Waals surface area contributed by atoms with Crippen molar-refractivity contribution in [3.05, 3.63) is 29.1 Å². The van der Waals surface area contributed by atoms with Crippen LogP contribution in [0, 0.1) is 5.92 Å². The smallest absolute Gasteiger partial charge is 0.265 e. The Bertz CT molecular complexity index is 628. The molecule has 1 aromatic carbocycles. The van der Waals surface area contributed by atoms with Gasteiger partial charge in [0.2, 0.25) is 0 Å². The molecule has 0 atom stereocenters. The maximum Gasteiger partial charge on any atom is 0.265 e. The fourth-order valence-electron chi connectivity index (χ4n) is 3.06. The molecule has 0 radical (unpaired) electrons. The van der Waals surface area contributed by atoms with E-state index in [1.54, 1.807) is 0 Å². The van der Waals surface area contributed by atoms with Crippen molar-refractivity contribution >= 4 is 33.0 Å². The number of fused-ring (bicyclic) bond motifs is 1. The Morgan fingerprint density at radius 3 is 2.75 bits per heavy atom. The molecule has 1 fully saturated rings. The van der Waals surface area contributed by atoms with Crippen LogP contribution >= 0.6 is 11.3 Å². The highest BCUT2D eigenvalue weighted by atomic mass is 32.1.